The fourth-order valence-electron chi connectivity index (χ4n) is 0.506. The largest absolute Gasteiger partial charge is 1.00 e. The van der Waals surface area contributed by atoms with Gasteiger partial charge in [-0.25, -0.2) is 0 Å². The molecule has 0 rings (SSSR count). The van der Waals surface area contributed by atoms with E-state index in [0.717, 1.165) is 6.92 Å². The van der Waals surface area contributed by atoms with Gasteiger partial charge in [-0.2, -0.15) is 13.2 Å². The first-order valence-electron chi connectivity index (χ1n) is 3.18. The molecular weight excluding hydrogens is 245 g/mol. The van der Waals surface area contributed by atoms with Gasteiger partial charge in [-0.1, -0.05) is 11.8 Å². The molecule has 0 heterocycles. The standard InChI is InChI=1S/C6H7F3O3S.ClH/c1-3(10)13-2-4(5(11)12)6(7,8)9;/h4H,2H2,1H3,(H,11,12);1H/p-1. The van der Waals surface area contributed by atoms with Crippen LogP contribution >= 0.6 is 11.8 Å². The third kappa shape index (κ3) is 6.09. The Hall–Kier alpha value is -0.430. The highest BCUT2D eigenvalue weighted by molar-refractivity contribution is 8.13. The molecule has 0 radical (unpaired) electrons. The number of halogens is 4. The number of thioether (sulfide) groups is 1. The Balaban J connectivity index is 0. The lowest BCUT2D eigenvalue weighted by Crippen LogP contribution is -3.00. The predicted molar refractivity (Wildman–Crippen MR) is 40.3 cm³/mol. The number of hydrogen-bond acceptors (Lipinski definition) is 3. The van der Waals surface area contributed by atoms with Crippen molar-refractivity contribution in [3.05, 3.63) is 0 Å². The van der Waals surface area contributed by atoms with E-state index in [1.165, 1.54) is 0 Å². The van der Waals surface area contributed by atoms with Crippen LogP contribution in [-0.4, -0.2) is 28.1 Å². The quantitative estimate of drug-likeness (QED) is 0.666. The van der Waals surface area contributed by atoms with Crippen LogP contribution in [0.25, 0.3) is 0 Å². The minimum absolute atomic E-state index is 0. The summed E-state index contributed by atoms with van der Waals surface area (Å²) in [5, 5.41) is 7.65. The van der Waals surface area contributed by atoms with Gasteiger partial charge < -0.3 is 17.5 Å². The van der Waals surface area contributed by atoms with Crippen LogP contribution in [0.15, 0.2) is 0 Å². The predicted octanol–water partition coefficient (Wildman–Crippen LogP) is -1.47. The number of alkyl halides is 3. The number of rotatable bonds is 3. The number of carboxylic acids is 1. The smallest absolute Gasteiger partial charge is 0.403 e. The third-order valence-corrected chi connectivity index (χ3v) is 2.05. The molecule has 0 aliphatic carbocycles. The Morgan fingerprint density at radius 3 is 2.07 bits per heavy atom. The molecule has 0 aliphatic rings. The first kappa shape index (κ1) is 16.0. The maximum atomic E-state index is 11.9. The summed E-state index contributed by atoms with van der Waals surface area (Å²) < 4.78 is 35.7. The van der Waals surface area contributed by atoms with Crippen LogP contribution in [0, 0.1) is 5.92 Å². The Morgan fingerprint density at radius 2 is 1.86 bits per heavy atom. The highest BCUT2D eigenvalue weighted by Crippen LogP contribution is 2.29. The van der Waals surface area contributed by atoms with Gasteiger partial charge in [-0.3, -0.25) is 9.59 Å². The van der Waals surface area contributed by atoms with Crippen LogP contribution in [0.4, 0.5) is 13.2 Å². The first-order chi connectivity index (χ1) is 5.75. The van der Waals surface area contributed by atoms with Crippen LogP contribution in [0.5, 0.6) is 0 Å². The summed E-state index contributed by atoms with van der Waals surface area (Å²) in [6.07, 6.45) is -4.80. The Morgan fingerprint density at radius 1 is 1.43 bits per heavy atom. The normalized spacial score (nSPS) is 12.9. The van der Waals surface area contributed by atoms with Crippen LogP contribution in [0.1, 0.15) is 6.92 Å². The van der Waals surface area contributed by atoms with Crippen molar-refractivity contribution in [1.29, 1.82) is 0 Å². The van der Waals surface area contributed by atoms with Crippen LogP contribution in [0.3, 0.4) is 0 Å². The van der Waals surface area contributed by atoms with Crippen LogP contribution in [0.2, 0.25) is 0 Å². The van der Waals surface area contributed by atoms with Gasteiger partial charge in [0.15, 0.2) is 11.0 Å². The summed E-state index contributed by atoms with van der Waals surface area (Å²) in [5.74, 6) is -5.20. The number of carboxylic acid groups (broad SMARTS) is 1. The minimum Gasteiger partial charge on any atom is -1.00 e. The number of hydrogen-bond donors (Lipinski definition) is 1. The SMILES string of the molecule is CC(=O)SCC(C(=O)O)C(F)(F)F.[Cl-]. The van der Waals surface area contributed by atoms with Gasteiger partial charge in [-0.15, -0.1) is 0 Å². The Labute approximate surface area is 88.5 Å². The third-order valence-electron chi connectivity index (χ3n) is 1.15. The molecule has 0 aromatic carbocycles. The van der Waals surface area contributed by atoms with Gasteiger partial charge >= 0.3 is 12.1 Å². The maximum Gasteiger partial charge on any atom is 0.403 e. The van der Waals surface area contributed by atoms with Crippen LogP contribution in [-0.2, 0) is 9.59 Å². The van der Waals surface area contributed by atoms with Gasteiger partial charge in [0.25, 0.3) is 0 Å². The van der Waals surface area contributed by atoms with Gasteiger partial charge in [0, 0.05) is 12.7 Å². The van der Waals surface area contributed by atoms with E-state index in [2.05, 4.69) is 0 Å². The minimum atomic E-state index is -4.80. The molecule has 1 N–H and O–H groups in total. The zero-order valence-corrected chi connectivity index (χ0v) is 8.54. The van der Waals surface area contributed by atoms with Crippen molar-refractivity contribution >= 4 is 22.8 Å². The van der Waals surface area contributed by atoms with E-state index in [1.54, 1.807) is 0 Å². The number of carbonyl (C=O) groups is 2. The van der Waals surface area contributed by atoms with Crippen molar-refractivity contribution in [2.24, 2.45) is 5.92 Å². The zero-order chi connectivity index (χ0) is 10.6. The second-order valence-electron chi connectivity index (χ2n) is 2.24. The molecule has 0 saturated carbocycles. The lowest BCUT2D eigenvalue weighted by atomic mass is 10.2. The second-order valence-corrected chi connectivity index (χ2v) is 3.43. The summed E-state index contributed by atoms with van der Waals surface area (Å²) >= 11 is 0.355. The molecule has 0 aliphatic heterocycles. The molecule has 0 spiro atoms. The summed E-state index contributed by atoms with van der Waals surface area (Å²) in [6.45, 7) is 1.08. The summed E-state index contributed by atoms with van der Waals surface area (Å²) in [4.78, 5) is 20.4. The van der Waals surface area contributed by atoms with E-state index in [-0.39, 0.29) is 12.4 Å². The number of aliphatic carboxylic acids is 1. The van der Waals surface area contributed by atoms with Gasteiger partial charge in [0.1, 0.15) is 0 Å². The molecule has 0 aromatic rings. The molecule has 8 heteroatoms. The molecule has 0 bridgehead atoms. The van der Waals surface area contributed by atoms with E-state index in [1.807, 2.05) is 0 Å². The van der Waals surface area contributed by atoms with Crippen LogP contribution < -0.4 is 12.4 Å². The highest BCUT2D eigenvalue weighted by atomic mass is 35.5. The van der Waals surface area contributed by atoms with Crippen molar-refractivity contribution in [3.63, 3.8) is 0 Å². The molecule has 3 nitrogen and oxygen atoms in total. The molecule has 0 fully saturated rings. The molecule has 0 aromatic heterocycles. The van der Waals surface area contributed by atoms with Crippen molar-refractivity contribution in [1.82, 2.24) is 0 Å². The van der Waals surface area contributed by atoms with Gasteiger partial charge in [0.05, 0.1) is 0 Å². The van der Waals surface area contributed by atoms with Crippen molar-refractivity contribution < 1.29 is 40.3 Å². The monoisotopic (exact) mass is 251 g/mol. The summed E-state index contributed by atoms with van der Waals surface area (Å²) in [5.41, 5.74) is 0. The van der Waals surface area contributed by atoms with Crippen molar-refractivity contribution in [3.8, 4) is 0 Å². The molecular formula is C6H7ClF3O3S-. The molecule has 14 heavy (non-hydrogen) atoms. The molecule has 0 saturated heterocycles. The first-order valence-corrected chi connectivity index (χ1v) is 4.16. The molecule has 1 atom stereocenters. The van der Waals surface area contributed by atoms with Gasteiger partial charge in [0.2, 0.25) is 0 Å². The fourth-order valence-corrected chi connectivity index (χ4v) is 1.24. The lowest BCUT2D eigenvalue weighted by Gasteiger charge is -2.14. The van der Waals surface area contributed by atoms with E-state index in [0.29, 0.717) is 11.8 Å². The summed E-state index contributed by atoms with van der Waals surface area (Å²) in [6, 6.07) is 0. The maximum absolute atomic E-state index is 11.9. The van der Waals surface area contributed by atoms with E-state index in [4.69, 9.17) is 5.11 Å². The number of carbonyl (C=O) groups excluding carboxylic acids is 1. The Kier molecular flexibility index (Phi) is 7.01. The van der Waals surface area contributed by atoms with Crippen molar-refractivity contribution in [2.75, 3.05) is 5.75 Å². The van der Waals surface area contributed by atoms with Crippen molar-refractivity contribution in [2.45, 2.75) is 13.1 Å². The van der Waals surface area contributed by atoms with Gasteiger partial charge in [-0.05, 0) is 0 Å². The summed E-state index contributed by atoms with van der Waals surface area (Å²) in [7, 11) is 0. The molecule has 0 amide bonds. The lowest BCUT2D eigenvalue weighted by molar-refractivity contribution is -0.188. The molecule has 1 unspecified atom stereocenters. The topological polar surface area (TPSA) is 54.4 Å². The fraction of sp³-hybridized carbons (Fsp3) is 0.667. The van der Waals surface area contributed by atoms with E-state index < -0.39 is 28.9 Å². The van der Waals surface area contributed by atoms with E-state index >= 15 is 0 Å². The van der Waals surface area contributed by atoms with E-state index in [9.17, 15) is 22.8 Å². The average Bonchev–Trinajstić information content (AvgIpc) is 1.81. The zero-order valence-electron chi connectivity index (χ0n) is 6.97. The average molecular weight is 252 g/mol. The highest BCUT2D eigenvalue weighted by Gasteiger charge is 2.45. The molecule has 84 valence electrons. The second kappa shape index (κ2) is 6.13. The Bertz CT molecular complexity index is 219.